The van der Waals surface area contributed by atoms with Gasteiger partial charge >= 0.3 is 0 Å². The number of nitrogens with one attached hydrogen (secondary N) is 1. The molecule has 0 bridgehead atoms. The summed E-state index contributed by atoms with van der Waals surface area (Å²) in [5.41, 5.74) is 4.10. The summed E-state index contributed by atoms with van der Waals surface area (Å²) < 4.78 is 5.34. The van der Waals surface area contributed by atoms with E-state index in [-0.39, 0.29) is 11.6 Å². The van der Waals surface area contributed by atoms with Crippen molar-refractivity contribution < 1.29 is 4.74 Å². The largest absolute Gasteiger partial charge is 0.495 e. The molecule has 1 aromatic carbocycles. The van der Waals surface area contributed by atoms with Crippen LogP contribution in [0.4, 0.5) is 0 Å². The van der Waals surface area contributed by atoms with Crippen LogP contribution in [0.1, 0.15) is 44.7 Å². The lowest BCUT2D eigenvalue weighted by Crippen LogP contribution is -2.54. The first-order chi connectivity index (χ1) is 10.1. The predicted octanol–water partition coefficient (Wildman–Crippen LogP) is 3.12. The van der Waals surface area contributed by atoms with Crippen molar-refractivity contribution in [3.05, 3.63) is 28.8 Å². The van der Waals surface area contributed by atoms with Gasteiger partial charge in [0.05, 0.1) is 18.2 Å². The van der Waals surface area contributed by atoms with Crippen LogP contribution < -0.4 is 16.0 Å². The summed E-state index contributed by atoms with van der Waals surface area (Å²) >= 11 is 6.13. The number of rotatable bonds is 6. The van der Waals surface area contributed by atoms with Crippen LogP contribution in [-0.2, 0) is 0 Å². The Kier molecular flexibility index (Phi) is 5.49. The van der Waals surface area contributed by atoms with Gasteiger partial charge in [-0.1, -0.05) is 24.6 Å². The molecule has 2 atom stereocenters. The second-order valence-electron chi connectivity index (χ2n) is 5.90. The average Bonchev–Trinajstić information content (AvgIpc) is 3.04. The first-order valence-corrected chi connectivity index (χ1v) is 7.99. The molecule has 0 radical (unpaired) electrons. The maximum atomic E-state index is 6.13. The summed E-state index contributed by atoms with van der Waals surface area (Å²) in [6.45, 7) is 6.76. The van der Waals surface area contributed by atoms with Crippen molar-refractivity contribution in [2.45, 2.75) is 44.7 Å². The summed E-state index contributed by atoms with van der Waals surface area (Å²) in [6, 6.07) is 5.92. The van der Waals surface area contributed by atoms with Crippen molar-refractivity contribution in [2.24, 2.45) is 5.84 Å². The number of hydrogen-bond acceptors (Lipinski definition) is 4. The molecule has 0 spiro atoms. The maximum absolute atomic E-state index is 6.13. The smallest absolute Gasteiger partial charge is 0.137 e. The number of nitrogens with zero attached hydrogens (tertiary/aromatic N) is 1. The molecule has 1 aromatic rings. The van der Waals surface area contributed by atoms with Crippen molar-refractivity contribution in [3.63, 3.8) is 0 Å². The highest BCUT2D eigenvalue weighted by atomic mass is 35.5. The minimum Gasteiger partial charge on any atom is -0.495 e. The maximum Gasteiger partial charge on any atom is 0.137 e. The molecule has 1 aliphatic heterocycles. The minimum absolute atomic E-state index is 0.0237. The van der Waals surface area contributed by atoms with Crippen LogP contribution in [0.5, 0.6) is 5.75 Å². The van der Waals surface area contributed by atoms with Crippen LogP contribution in [-0.4, -0.2) is 30.6 Å². The third kappa shape index (κ3) is 3.19. The minimum atomic E-state index is -0.0237. The predicted molar refractivity (Wildman–Crippen MR) is 87.6 cm³/mol. The van der Waals surface area contributed by atoms with Crippen molar-refractivity contribution in [2.75, 3.05) is 20.2 Å². The number of benzene rings is 1. The van der Waals surface area contributed by atoms with Crippen LogP contribution in [0.15, 0.2) is 18.2 Å². The fraction of sp³-hybridized carbons (Fsp3) is 0.625. The number of methoxy groups -OCH3 is 1. The SMILES string of the molecule is CCC(C)(C(NN)c1ccc(Cl)c(OC)c1)N1CCCC1. The number of ether oxygens (including phenoxy) is 1. The van der Waals surface area contributed by atoms with E-state index in [4.69, 9.17) is 22.2 Å². The standard InChI is InChI=1S/C16H26ClN3O/c1-4-16(2,20-9-5-6-10-20)15(19-18)12-7-8-13(17)14(11-12)21-3/h7-8,11,15,19H,4-6,9-10,18H2,1-3H3. The molecule has 1 aliphatic rings. The number of likely N-dealkylation sites (tertiary alicyclic amines) is 1. The Morgan fingerprint density at radius 2 is 2.10 bits per heavy atom. The fourth-order valence-corrected chi connectivity index (χ4v) is 3.52. The topological polar surface area (TPSA) is 50.5 Å². The van der Waals surface area contributed by atoms with Crippen LogP contribution >= 0.6 is 11.6 Å². The van der Waals surface area contributed by atoms with E-state index < -0.39 is 0 Å². The van der Waals surface area contributed by atoms with Gasteiger partial charge in [0.25, 0.3) is 0 Å². The molecule has 2 rings (SSSR count). The lowest BCUT2D eigenvalue weighted by atomic mass is 9.83. The number of hydrogen-bond donors (Lipinski definition) is 2. The molecule has 1 fully saturated rings. The summed E-state index contributed by atoms with van der Waals surface area (Å²) in [6.07, 6.45) is 3.54. The summed E-state index contributed by atoms with van der Waals surface area (Å²) in [4.78, 5) is 2.54. The van der Waals surface area contributed by atoms with Gasteiger partial charge in [0.1, 0.15) is 5.75 Å². The Labute approximate surface area is 132 Å². The highest BCUT2D eigenvalue weighted by Crippen LogP contribution is 2.38. The van der Waals surface area contributed by atoms with Crippen LogP contribution in [0.3, 0.4) is 0 Å². The molecule has 5 heteroatoms. The summed E-state index contributed by atoms with van der Waals surface area (Å²) in [5.74, 6) is 6.60. The van der Waals surface area contributed by atoms with Crippen molar-refractivity contribution >= 4 is 11.6 Å². The van der Waals surface area contributed by atoms with Crippen molar-refractivity contribution in [1.82, 2.24) is 10.3 Å². The first kappa shape index (κ1) is 16.6. The Morgan fingerprint density at radius 1 is 1.43 bits per heavy atom. The third-order valence-electron chi connectivity index (χ3n) is 4.84. The highest BCUT2D eigenvalue weighted by molar-refractivity contribution is 6.32. The van der Waals surface area contributed by atoms with E-state index >= 15 is 0 Å². The molecule has 2 unspecified atom stereocenters. The molecule has 0 amide bonds. The van der Waals surface area contributed by atoms with Crippen LogP contribution in [0, 0.1) is 0 Å². The Bertz CT molecular complexity index is 477. The molecule has 21 heavy (non-hydrogen) atoms. The second kappa shape index (κ2) is 6.97. The summed E-state index contributed by atoms with van der Waals surface area (Å²) in [5, 5.41) is 0.622. The van der Waals surface area contributed by atoms with Gasteiger partial charge < -0.3 is 4.74 Å². The van der Waals surface area contributed by atoms with Gasteiger partial charge in [0, 0.05) is 5.54 Å². The number of halogens is 1. The Balaban J connectivity index is 2.36. The molecule has 0 saturated carbocycles. The molecule has 0 aromatic heterocycles. The zero-order valence-electron chi connectivity index (χ0n) is 13.2. The van der Waals surface area contributed by atoms with Gasteiger partial charge in [-0.25, -0.2) is 0 Å². The zero-order valence-corrected chi connectivity index (χ0v) is 13.9. The van der Waals surface area contributed by atoms with Gasteiger partial charge in [-0.3, -0.25) is 16.2 Å². The van der Waals surface area contributed by atoms with E-state index in [1.165, 1.54) is 12.8 Å². The molecular formula is C16H26ClN3O. The summed E-state index contributed by atoms with van der Waals surface area (Å²) in [7, 11) is 1.63. The first-order valence-electron chi connectivity index (χ1n) is 7.61. The lowest BCUT2D eigenvalue weighted by molar-refractivity contribution is 0.0839. The second-order valence-corrected chi connectivity index (χ2v) is 6.31. The normalized spacial score (nSPS) is 20.2. The van der Waals surface area contributed by atoms with Gasteiger partial charge in [0.15, 0.2) is 0 Å². The third-order valence-corrected chi connectivity index (χ3v) is 5.15. The molecule has 3 N–H and O–H groups in total. The fourth-order valence-electron chi connectivity index (χ4n) is 3.33. The van der Waals surface area contributed by atoms with E-state index in [0.29, 0.717) is 10.8 Å². The van der Waals surface area contributed by atoms with E-state index in [1.807, 2.05) is 18.2 Å². The molecule has 1 heterocycles. The quantitative estimate of drug-likeness (QED) is 0.626. The van der Waals surface area contributed by atoms with Gasteiger partial charge in [0.2, 0.25) is 0 Å². The van der Waals surface area contributed by atoms with E-state index in [9.17, 15) is 0 Å². The van der Waals surface area contributed by atoms with Crippen LogP contribution in [0.2, 0.25) is 5.02 Å². The Morgan fingerprint density at radius 3 is 2.62 bits per heavy atom. The van der Waals surface area contributed by atoms with Gasteiger partial charge in [-0.05, 0) is 57.0 Å². The zero-order chi connectivity index (χ0) is 15.5. The van der Waals surface area contributed by atoms with Crippen molar-refractivity contribution in [1.29, 1.82) is 0 Å². The molecular weight excluding hydrogens is 286 g/mol. The van der Waals surface area contributed by atoms with Gasteiger partial charge in [-0.2, -0.15) is 0 Å². The highest BCUT2D eigenvalue weighted by Gasteiger charge is 2.40. The molecule has 4 nitrogen and oxygen atoms in total. The van der Waals surface area contributed by atoms with Crippen LogP contribution in [0.25, 0.3) is 0 Å². The Hall–Kier alpha value is -0.810. The lowest BCUT2D eigenvalue weighted by Gasteiger charge is -2.44. The molecule has 0 aliphatic carbocycles. The number of hydrazine groups is 1. The monoisotopic (exact) mass is 311 g/mol. The van der Waals surface area contributed by atoms with Gasteiger partial charge in [-0.15, -0.1) is 0 Å². The van der Waals surface area contributed by atoms with E-state index in [2.05, 4.69) is 24.2 Å². The number of nitrogens with two attached hydrogens (primary N) is 1. The van der Waals surface area contributed by atoms with Crippen molar-refractivity contribution in [3.8, 4) is 5.75 Å². The molecule has 1 saturated heterocycles. The molecule has 118 valence electrons. The van der Waals surface area contributed by atoms with E-state index in [1.54, 1.807) is 7.11 Å². The van der Waals surface area contributed by atoms with E-state index in [0.717, 1.165) is 25.1 Å². The average molecular weight is 312 g/mol.